The zero-order valence-electron chi connectivity index (χ0n) is 14.8. The van der Waals surface area contributed by atoms with Crippen LogP contribution in [0.2, 0.25) is 5.02 Å². The molecule has 0 aliphatic rings. The van der Waals surface area contributed by atoms with Gasteiger partial charge in [-0.15, -0.1) is 11.8 Å². The number of carbonyl (C=O) groups is 1. The molecule has 2 rings (SSSR count). The lowest BCUT2D eigenvalue weighted by molar-refractivity contribution is 0.0949. The number of hydrogen-bond acceptors (Lipinski definition) is 3. The van der Waals surface area contributed by atoms with Gasteiger partial charge in [0.15, 0.2) is 0 Å². The molecular weight excluding hydrogens is 354 g/mol. The fourth-order valence-electron chi connectivity index (χ4n) is 2.22. The van der Waals surface area contributed by atoms with Crippen LogP contribution in [-0.2, 0) is 5.75 Å². The molecule has 0 atom stereocenters. The summed E-state index contributed by atoms with van der Waals surface area (Å²) in [6, 6.07) is 13.4. The lowest BCUT2D eigenvalue weighted by atomic mass is 10.1. The Kier molecular flexibility index (Phi) is 7.66. The molecule has 0 aliphatic heterocycles. The van der Waals surface area contributed by atoms with Crippen molar-refractivity contribution in [3.63, 3.8) is 0 Å². The minimum absolute atomic E-state index is 0.0468. The molecule has 25 heavy (non-hydrogen) atoms. The summed E-state index contributed by atoms with van der Waals surface area (Å²) in [5.41, 5.74) is 1.68. The maximum Gasteiger partial charge on any atom is 0.251 e. The van der Waals surface area contributed by atoms with Crippen LogP contribution in [0.5, 0.6) is 5.75 Å². The van der Waals surface area contributed by atoms with Crippen molar-refractivity contribution in [2.75, 3.05) is 13.2 Å². The molecule has 0 fully saturated rings. The average molecular weight is 378 g/mol. The molecule has 0 aliphatic carbocycles. The smallest absolute Gasteiger partial charge is 0.251 e. The third kappa shape index (κ3) is 6.29. The predicted octanol–water partition coefficient (Wildman–Crippen LogP) is 5.42. The highest BCUT2D eigenvalue weighted by molar-refractivity contribution is 7.98. The molecule has 0 unspecified atom stereocenters. The molecule has 1 amide bonds. The van der Waals surface area contributed by atoms with Gasteiger partial charge in [-0.2, -0.15) is 0 Å². The first-order valence-electron chi connectivity index (χ1n) is 8.42. The average Bonchev–Trinajstić information content (AvgIpc) is 2.60. The summed E-state index contributed by atoms with van der Waals surface area (Å²) in [7, 11) is 0. The van der Waals surface area contributed by atoms with E-state index in [4.69, 9.17) is 16.3 Å². The van der Waals surface area contributed by atoms with Gasteiger partial charge in [0.25, 0.3) is 5.91 Å². The van der Waals surface area contributed by atoms with Crippen molar-refractivity contribution in [1.29, 1.82) is 0 Å². The van der Waals surface area contributed by atoms with Gasteiger partial charge in [-0.05, 0) is 55.3 Å². The molecule has 0 bridgehead atoms. The number of hydrogen-bond donors (Lipinski definition) is 1. The van der Waals surface area contributed by atoms with E-state index in [2.05, 4.69) is 19.2 Å². The molecule has 2 aromatic carbocycles. The molecular formula is C20H24ClNO2S. The Hall–Kier alpha value is -1.65. The zero-order chi connectivity index (χ0) is 18.2. The quantitative estimate of drug-likeness (QED) is 0.624. The van der Waals surface area contributed by atoms with Crippen LogP contribution in [0, 0.1) is 5.92 Å². The Morgan fingerprint density at radius 2 is 1.92 bits per heavy atom. The molecule has 134 valence electrons. The van der Waals surface area contributed by atoms with Gasteiger partial charge in [0.1, 0.15) is 5.75 Å². The summed E-state index contributed by atoms with van der Waals surface area (Å²) >= 11 is 7.62. The van der Waals surface area contributed by atoms with Gasteiger partial charge >= 0.3 is 0 Å². The molecule has 0 saturated carbocycles. The van der Waals surface area contributed by atoms with E-state index < -0.39 is 0 Å². The van der Waals surface area contributed by atoms with Crippen molar-refractivity contribution in [1.82, 2.24) is 5.32 Å². The minimum Gasteiger partial charge on any atom is -0.494 e. The van der Waals surface area contributed by atoms with E-state index in [1.54, 1.807) is 11.8 Å². The van der Waals surface area contributed by atoms with E-state index in [-0.39, 0.29) is 5.91 Å². The van der Waals surface area contributed by atoms with E-state index in [0.29, 0.717) is 24.6 Å². The van der Waals surface area contributed by atoms with Crippen LogP contribution in [0.25, 0.3) is 0 Å². The standard InChI is InChI=1S/C20H24ClNO2S/c1-4-24-19-10-5-15(20(23)22-12-14(2)3)11-16(19)13-25-18-8-6-17(21)7-9-18/h5-11,14H,4,12-13H2,1-3H3,(H,22,23). The second kappa shape index (κ2) is 9.73. The van der Waals surface area contributed by atoms with E-state index in [0.717, 1.165) is 27.0 Å². The van der Waals surface area contributed by atoms with Gasteiger partial charge in [0.05, 0.1) is 6.61 Å². The van der Waals surface area contributed by atoms with Crippen LogP contribution in [0.1, 0.15) is 36.7 Å². The van der Waals surface area contributed by atoms with Crippen LogP contribution in [0.4, 0.5) is 0 Å². The van der Waals surface area contributed by atoms with Crippen LogP contribution in [0.3, 0.4) is 0 Å². The highest BCUT2D eigenvalue weighted by Crippen LogP contribution is 2.29. The summed E-state index contributed by atoms with van der Waals surface area (Å²) in [4.78, 5) is 13.4. The van der Waals surface area contributed by atoms with E-state index in [1.807, 2.05) is 49.4 Å². The summed E-state index contributed by atoms with van der Waals surface area (Å²) in [5, 5.41) is 3.68. The van der Waals surface area contributed by atoms with Crippen molar-refractivity contribution in [3.8, 4) is 5.75 Å². The zero-order valence-corrected chi connectivity index (χ0v) is 16.4. The number of thioether (sulfide) groups is 1. The number of halogens is 1. The van der Waals surface area contributed by atoms with Gasteiger partial charge < -0.3 is 10.1 Å². The number of nitrogens with one attached hydrogen (secondary N) is 1. The van der Waals surface area contributed by atoms with Crippen LogP contribution in [-0.4, -0.2) is 19.1 Å². The van der Waals surface area contributed by atoms with E-state index in [1.165, 1.54) is 0 Å². The van der Waals surface area contributed by atoms with Gasteiger partial charge in [0, 0.05) is 33.3 Å². The molecule has 0 heterocycles. The van der Waals surface area contributed by atoms with Crippen LogP contribution < -0.4 is 10.1 Å². The van der Waals surface area contributed by atoms with Crippen molar-refractivity contribution in [2.45, 2.75) is 31.4 Å². The maximum atomic E-state index is 12.3. The third-order valence-corrected chi connectivity index (χ3v) is 4.81. The first-order valence-corrected chi connectivity index (χ1v) is 9.78. The summed E-state index contributed by atoms with van der Waals surface area (Å²) in [5.74, 6) is 1.92. The van der Waals surface area contributed by atoms with Gasteiger partial charge in [-0.3, -0.25) is 4.79 Å². The largest absolute Gasteiger partial charge is 0.494 e. The van der Waals surface area contributed by atoms with E-state index in [9.17, 15) is 4.79 Å². The minimum atomic E-state index is -0.0468. The van der Waals surface area contributed by atoms with Crippen molar-refractivity contribution in [3.05, 3.63) is 58.6 Å². The summed E-state index contributed by atoms with van der Waals surface area (Å²) in [6.45, 7) is 7.37. The second-order valence-electron chi connectivity index (χ2n) is 6.10. The Morgan fingerprint density at radius 1 is 1.20 bits per heavy atom. The number of ether oxygens (including phenoxy) is 1. The Balaban J connectivity index is 2.13. The van der Waals surface area contributed by atoms with Gasteiger partial charge in [-0.25, -0.2) is 0 Å². The van der Waals surface area contributed by atoms with Gasteiger partial charge in [0.2, 0.25) is 0 Å². The number of rotatable bonds is 8. The molecule has 1 N–H and O–H groups in total. The number of amides is 1. The lowest BCUT2D eigenvalue weighted by Crippen LogP contribution is -2.27. The first-order chi connectivity index (χ1) is 12.0. The lowest BCUT2D eigenvalue weighted by Gasteiger charge is -2.13. The molecule has 2 aromatic rings. The van der Waals surface area contributed by atoms with Crippen LogP contribution >= 0.6 is 23.4 Å². The maximum absolute atomic E-state index is 12.3. The SMILES string of the molecule is CCOc1ccc(C(=O)NCC(C)C)cc1CSc1ccc(Cl)cc1. The number of carbonyl (C=O) groups excluding carboxylic acids is 1. The van der Waals surface area contributed by atoms with Crippen molar-refractivity contribution < 1.29 is 9.53 Å². The Morgan fingerprint density at radius 3 is 2.56 bits per heavy atom. The summed E-state index contributed by atoms with van der Waals surface area (Å²) in [6.07, 6.45) is 0. The predicted molar refractivity (Wildman–Crippen MR) is 106 cm³/mol. The number of benzene rings is 2. The van der Waals surface area contributed by atoms with E-state index >= 15 is 0 Å². The Labute approximate surface area is 159 Å². The summed E-state index contributed by atoms with van der Waals surface area (Å²) < 4.78 is 5.71. The fraction of sp³-hybridized carbons (Fsp3) is 0.350. The molecule has 0 aromatic heterocycles. The van der Waals surface area contributed by atoms with Gasteiger partial charge in [-0.1, -0.05) is 25.4 Å². The molecule has 0 spiro atoms. The topological polar surface area (TPSA) is 38.3 Å². The highest BCUT2D eigenvalue weighted by Gasteiger charge is 2.11. The Bertz CT molecular complexity index is 701. The first kappa shape index (κ1) is 19.7. The van der Waals surface area contributed by atoms with Crippen LogP contribution in [0.15, 0.2) is 47.4 Å². The molecule has 3 nitrogen and oxygen atoms in total. The molecule has 5 heteroatoms. The fourth-order valence-corrected chi connectivity index (χ4v) is 3.22. The van der Waals surface area contributed by atoms with Crippen molar-refractivity contribution >= 4 is 29.3 Å². The molecule has 0 saturated heterocycles. The monoisotopic (exact) mass is 377 g/mol. The third-order valence-electron chi connectivity index (χ3n) is 3.50. The highest BCUT2D eigenvalue weighted by atomic mass is 35.5. The second-order valence-corrected chi connectivity index (χ2v) is 7.59. The van der Waals surface area contributed by atoms with Crippen molar-refractivity contribution in [2.24, 2.45) is 5.92 Å². The normalized spacial score (nSPS) is 10.8. The molecule has 0 radical (unpaired) electrons.